The van der Waals surface area contributed by atoms with Gasteiger partial charge in [-0.25, -0.2) is 8.42 Å². The van der Waals surface area contributed by atoms with Crippen molar-refractivity contribution in [2.45, 2.75) is 70.9 Å². The zero-order valence-electron chi connectivity index (χ0n) is 24.0. The van der Waals surface area contributed by atoms with Crippen molar-refractivity contribution in [2.75, 3.05) is 32.7 Å². The van der Waals surface area contributed by atoms with Crippen molar-refractivity contribution in [3.63, 3.8) is 0 Å². The van der Waals surface area contributed by atoms with Crippen molar-refractivity contribution in [3.8, 4) is 0 Å². The van der Waals surface area contributed by atoms with E-state index in [-0.39, 0.29) is 15.8 Å². The number of hydrogen-bond donors (Lipinski definition) is 1. The van der Waals surface area contributed by atoms with Gasteiger partial charge < -0.3 is 14.8 Å². The first-order valence-electron chi connectivity index (χ1n) is 14.5. The lowest BCUT2D eigenvalue weighted by Crippen LogP contribution is -2.37. The second-order valence-electron chi connectivity index (χ2n) is 10.5. The van der Waals surface area contributed by atoms with Crippen LogP contribution in [0.15, 0.2) is 58.4 Å². The Morgan fingerprint density at radius 2 is 1.68 bits per heavy atom. The van der Waals surface area contributed by atoms with Crippen LogP contribution >= 0.6 is 0 Å². The maximum atomic E-state index is 13.6. The number of carbonyl (C=O) groups is 1. The van der Waals surface area contributed by atoms with E-state index in [9.17, 15) is 18.0 Å². The van der Waals surface area contributed by atoms with Gasteiger partial charge in [-0.1, -0.05) is 51.0 Å². The summed E-state index contributed by atoms with van der Waals surface area (Å²) in [6.07, 6.45) is 6.68. The normalized spacial score (nSPS) is 14.0. The topological polar surface area (TPSA) is 91.7 Å². The standard InChI is InChI=1S/C31H42N4O4S/c1-4-7-17-33(18-8-5-2)20-16-32-31(37)28-23-34(6-3)29-14-13-26(21-27(29)30(28)36)40(38,39)35-19-15-24-11-9-10-12-25(24)22-35/h9-14,21,23H,4-8,15-20,22H2,1-3H3,(H,32,37). The summed E-state index contributed by atoms with van der Waals surface area (Å²) in [5, 5.41) is 3.16. The third-order valence-electron chi connectivity index (χ3n) is 7.74. The predicted octanol–water partition coefficient (Wildman–Crippen LogP) is 4.40. The Morgan fingerprint density at radius 3 is 2.35 bits per heavy atom. The smallest absolute Gasteiger partial charge is 0.256 e. The average molecular weight is 567 g/mol. The first-order chi connectivity index (χ1) is 19.3. The zero-order chi connectivity index (χ0) is 28.7. The fourth-order valence-electron chi connectivity index (χ4n) is 5.31. The molecule has 0 unspecified atom stereocenters. The van der Waals surface area contributed by atoms with Crippen LogP contribution in [0.5, 0.6) is 0 Å². The second-order valence-corrected chi connectivity index (χ2v) is 12.4. The van der Waals surface area contributed by atoms with E-state index in [0.29, 0.717) is 38.1 Å². The maximum absolute atomic E-state index is 13.6. The Balaban J connectivity index is 1.58. The van der Waals surface area contributed by atoms with Crippen molar-refractivity contribution in [1.82, 2.24) is 19.1 Å². The summed E-state index contributed by atoms with van der Waals surface area (Å²) in [4.78, 5) is 29.1. The molecule has 1 aromatic heterocycles. The lowest BCUT2D eigenvalue weighted by atomic mass is 10.0. The van der Waals surface area contributed by atoms with Crippen LogP contribution in [0.3, 0.4) is 0 Å². The van der Waals surface area contributed by atoms with Crippen molar-refractivity contribution in [1.29, 1.82) is 0 Å². The molecular formula is C31H42N4O4S. The number of sulfonamides is 1. The van der Waals surface area contributed by atoms with Gasteiger partial charge in [0.25, 0.3) is 5.91 Å². The Morgan fingerprint density at radius 1 is 0.975 bits per heavy atom. The van der Waals surface area contributed by atoms with Gasteiger partial charge in [0.2, 0.25) is 15.5 Å². The fourth-order valence-corrected chi connectivity index (χ4v) is 6.75. The van der Waals surface area contributed by atoms with Gasteiger partial charge >= 0.3 is 0 Å². The third-order valence-corrected chi connectivity index (χ3v) is 9.58. The van der Waals surface area contributed by atoms with Gasteiger partial charge in [-0.3, -0.25) is 9.59 Å². The van der Waals surface area contributed by atoms with Crippen LogP contribution in [0.4, 0.5) is 0 Å². The summed E-state index contributed by atoms with van der Waals surface area (Å²) in [5.74, 6) is -0.430. The molecule has 1 aliphatic heterocycles. The molecule has 3 aromatic rings. The molecule has 1 aliphatic rings. The van der Waals surface area contributed by atoms with E-state index in [1.807, 2.05) is 35.8 Å². The Kier molecular flexibility index (Phi) is 10.2. The molecule has 0 radical (unpaired) electrons. The van der Waals surface area contributed by atoms with E-state index < -0.39 is 21.4 Å². The van der Waals surface area contributed by atoms with Gasteiger partial charge in [-0.05, 0) is 68.6 Å². The summed E-state index contributed by atoms with van der Waals surface area (Å²) in [6.45, 7) is 10.6. The molecular weight excluding hydrogens is 524 g/mol. The van der Waals surface area contributed by atoms with Gasteiger partial charge in [-0.15, -0.1) is 0 Å². The first kappa shape index (κ1) is 30.0. The summed E-state index contributed by atoms with van der Waals surface area (Å²) >= 11 is 0. The molecule has 2 aromatic carbocycles. The zero-order valence-corrected chi connectivity index (χ0v) is 24.8. The molecule has 0 bridgehead atoms. The minimum Gasteiger partial charge on any atom is -0.351 e. The Bertz CT molecular complexity index is 1490. The molecule has 0 spiro atoms. The lowest BCUT2D eigenvalue weighted by Gasteiger charge is -2.28. The molecule has 8 nitrogen and oxygen atoms in total. The molecule has 9 heteroatoms. The molecule has 40 heavy (non-hydrogen) atoms. The van der Waals surface area contributed by atoms with Crippen molar-refractivity contribution in [2.24, 2.45) is 0 Å². The largest absolute Gasteiger partial charge is 0.351 e. The quantitative estimate of drug-likeness (QED) is 0.331. The molecule has 0 aliphatic carbocycles. The highest BCUT2D eigenvalue weighted by molar-refractivity contribution is 7.89. The van der Waals surface area contributed by atoms with E-state index >= 15 is 0 Å². The number of fused-ring (bicyclic) bond motifs is 2. The molecule has 216 valence electrons. The van der Waals surface area contributed by atoms with E-state index in [1.165, 1.54) is 10.4 Å². The first-order valence-corrected chi connectivity index (χ1v) is 16.0. The molecule has 0 saturated heterocycles. The fraction of sp³-hybridized carbons (Fsp3) is 0.484. The molecule has 0 fully saturated rings. The van der Waals surface area contributed by atoms with Crippen LogP contribution in [0, 0.1) is 0 Å². The van der Waals surface area contributed by atoms with Gasteiger partial charge in [-0.2, -0.15) is 4.31 Å². The minimum atomic E-state index is -3.83. The highest BCUT2D eigenvalue weighted by Gasteiger charge is 2.29. The van der Waals surface area contributed by atoms with E-state index in [0.717, 1.165) is 56.4 Å². The SMILES string of the molecule is CCCCN(CCCC)CCNC(=O)c1cn(CC)c2ccc(S(=O)(=O)N3CCc4ccccc4C3)cc2c1=O. The molecule has 2 heterocycles. The van der Waals surface area contributed by atoms with Crippen LogP contribution in [0.1, 0.15) is 67.9 Å². The van der Waals surface area contributed by atoms with E-state index in [2.05, 4.69) is 24.1 Å². The van der Waals surface area contributed by atoms with Crippen LogP contribution in [0.25, 0.3) is 10.9 Å². The summed E-state index contributed by atoms with van der Waals surface area (Å²) in [5.41, 5.74) is 2.34. The molecule has 1 amide bonds. The Labute approximate surface area is 238 Å². The number of benzene rings is 2. The minimum absolute atomic E-state index is 0.0319. The number of amides is 1. The van der Waals surface area contributed by atoms with Gasteiger partial charge in [0.1, 0.15) is 5.56 Å². The number of aromatic nitrogens is 1. The summed E-state index contributed by atoms with van der Waals surface area (Å²) in [6, 6.07) is 12.5. The maximum Gasteiger partial charge on any atom is 0.256 e. The van der Waals surface area contributed by atoms with Crippen molar-refractivity contribution >= 4 is 26.8 Å². The van der Waals surface area contributed by atoms with Gasteiger partial charge in [0, 0.05) is 44.3 Å². The van der Waals surface area contributed by atoms with E-state index in [1.54, 1.807) is 18.3 Å². The molecule has 0 saturated carbocycles. The molecule has 4 rings (SSSR count). The summed E-state index contributed by atoms with van der Waals surface area (Å²) < 4.78 is 30.5. The number of aryl methyl sites for hydroxylation is 1. The number of unbranched alkanes of at least 4 members (excludes halogenated alkanes) is 2. The molecule has 1 N–H and O–H groups in total. The number of nitrogens with one attached hydrogen (secondary N) is 1. The number of hydrogen-bond acceptors (Lipinski definition) is 5. The number of pyridine rings is 1. The van der Waals surface area contributed by atoms with Crippen LogP contribution < -0.4 is 10.7 Å². The predicted molar refractivity (Wildman–Crippen MR) is 160 cm³/mol. The highest BCUT2D eigenvalue weighted by Crippen LogP contribution is 2.26. The van der Waals surface area contributed by atoms with Crippen molar-refractivity contribution in [3.05, 3.63) is 75.6 Å². The van der Waals surface area contributed by atoms with Gasteiger partial charge in [0.05, 0.1) is 10.4 Å². The third kappa shape index (κ3) is 6.65. The van der Waals surface area contributed by atoms with E-state index in [4.69, 9.17) is 0 Å². The summed E-state index contributed by atoms with van der Waals surface area (Å²) in [7, 11) is -3.83. The molecule has 0 atom stereocenters. The second kappa shape index (κ2) is 13.6. The average Bonchev–Trinajstić information content (AvgIpc) is 2.97. The van der Waals surface area contributed by atoms with Crippen LogP contribution in [0.2, 0.25) is 0 Å². The van der Waals surface area contributed by atoms with Crippen LogP contribution in [-0.2, 0) is 29.5 Å². The number of nitrogens with zero attached hydrogens (tertiary/aromatic N) is 3. The number of rotatable bonds is 13. The lowest BCUT2D eigenvalue weighted by molar-refractivity contribution is 0.0946. The monoisotopic (exact) mass is 566 g/mol. The number of carbonyl (C=O) groups excluding carboxylic acids is 1. The Hall–Kier alpha value is -3.01. The van der Waals surface area contributed by atoms with Gasteiger partial charge in [0.15, 0.2) is 0 Å². The van der Waals surface area contributed by atoms with Crippen molar-refractivity contribution < 1.29 is 13.2 Å². The highest BCUT2D eigenvalue weighted by atomic mass is 32.2. The van der Waals surface area contributed by atoms with Crippen LogP contribution in [-0.4, -0.2) is 60.8 Å².